The van der Waals surface area contributed by atoms with Crippen LogP contribution in [0.25, 0.3) is 16.7 Å². The van der Waals surface area contributed by atoms with Crippen molar-refractivity contribution in [1.82, 2.24) is 14.9 Å². The fourth-order valence-electron chi connectivity index (χ4n) is 3.50. The molecule has 0 amide bonds. The lowest BCUT2D eigenvalue weighted by Gasteiger charge is -2.23. The molecule has 1 aliphatic rings. The van der Waals surface area contributed by atoms with Crippen molar-refractivity contribution in [2.75, 3.05) is 13.1 Å². The molecule has 1 aromatic heterocycles. The highest BCUT2D eigenvalue weighted by Crippen LogP contribution is 2.26. The predicted molar refractivity (Wildman–Crippen MR) is 95.9 cm³/mol. The van der Waals surface area contributed by atoms with E-state index in [-0.39, 0.29) is 5.78 Å². The molecule has 1 fully saturated rings. The van der Waals surface area contributed by atoms with E-state index in [1.165, 1.54) is 18.4 Å². The average Bonchev–Trinajstić information content (AvgIpc) is 3.06. The molecule has 1 atom stereocenters. The van der Waals surface area contributed by atoms with Gasteiger partial charge in [-0.15, -0.1) is 0 Å². The van der Waals surface area contributed by atoms with Crippen LogP contribution in [-0.2, 0) is 0 Å². The summed E-state index contributed by atoms with van der Waals surface area (Å²) in [6.07, 6.45) is 4.31. The van der Waals surface area contributed by atoms with Gasteiger partial charge in [0.15, 0.2) is 5.78 Å². The fraction of sp³-hybridized carbons (Fsp3) is 0.300. The van der Waals surface area contributed by atoms with Gasteiger partial charge in [-0.1, -0.05) is 12.1 Å². The van der Waals surface area contributed by atoms with Crippen molar-refractivity contribution in [2.24, 2.45) is 0 Å². The Kier molecular flexibility index (Phi) is 3.90. The standard InChI is InChI=1S/C20H21N3O/c1-14(24)15-7-8-20-19(11-15)22-13-23(20)18-6-2-4-16(10-18)17-5-3-9-21-12-17/h2,4,6-8,10-11,13,17,21H,3,5,9,12H2,1H3. The first-order valence-electron chi connectivity index (χ1n) is 8.51. The first-order chi connectivity index (χ1) is 11.7. The Balaban J connectivity index is 1.73. The first kappa shape index (κ1) is 15.1. The molecule has 4 heteroatoms. The lowest BCUT2D eigenvalue weighted by molar-refractivity contribution is 0.101. The summed E-state index contributed by atoms with van der Waals surface area (Å²) in [4.78, 5) is 16.0. The minimum atomic E-state index is 0.0678. The van der Waals surface area contributed by atoms with E-state index in [4.69, 9.17) is 0 Å². The summed E-state index contributed by atoms with van der Waals surface area (Å²) in [5.74, 6) is 0.649. The fourth-order valence-corrected chi connectivity index (χ4v) is 3.50. The van der Waals surface area contributed by atoms with E-state index in [0.717, 1.165) is 29.8 Å². The van der Waals surface area contributed by atoms with Crippen LogP contribution in [0.15, 0.2) is 48.8 Å². The molecule has 1 N–H and O–H groups in total. The van der Waals surface area contributed by atoms with Crippen molar-refractivity contribution in [2.45, 2.75) is 25.7 Å². The zero-order chi connectivity index (χ0) is 16.5. The van der Waals surface area contributed by atoms with Gasteiger partial charge in [-0.05, 0) is 68.1 Å². The third-order valence-corrected chi connectivity index (χ3v) is 4.87. The molecular weight excluding hydrogens is 298 g/mol. The molecule has 122 valence electrons. The summed E-state index contributed by atoms with van der Waals surface area (Å²) in [5.41, 5.74) is 5.08. The molecule has 4 rings (SSSR count). The predicted octanol–water partition coefficient (Wildman–Crippen LogP) is 3.70. The minimum absolute atomic E-state index is 0.0678. The van der Waals surface area contributed by atoms with Crippen molar-refractivity contribution < 1.29 is 4.79 Å². The monoisotopic (exact) mass is 319 g/mol. The third kappa shape index (κ3) is 2.74. The van der Waals surface area contributed by atoms with Crippen LogP contribution in [0.2, 0.25) is 0 Å². The van der Waals surface area contributed by atoms with Gasteiger partial charge in [-0.2, -0.15) is 0 Å². The molecule has 1 unspecified atom stereocenters. The maximum atomic E-state index is 11.5. The van der Waals surface area contributed by atoms with Gasteiger partial charge >= 0.3 is 0 Å². The number of nitrogens with zero attached hydrogens (tertiary/aromatic N) is 2. The second-order valence-electron chi connectivity index (χ2n) is 6.51. The average molecular weight is 319 g/mol. The van der Waals surface area contributed by atoms with E-state index in [9.17, 15) is 4.79 Å². The Hall–Kier alpha value is -2.46. The van der Waals surface area contributed by atoms with Crippen LogP contribution < -0.4 is 5.32 Å². The summed E-state index contributed by atoms with van der Waals surface area (Å²) in [7, 11) is 0. The Morgan fingerprint density at radius 3 is 2.96 bits per heavy atom. The van der Waals surface area contributed by atoms with Crippen LogP contribution in [-0.4, -0.2) is 28.4 Å². The van der Waals surface area contributed by atoms with Gasteiger partial charge in [-0.25, -0.2) is 4.98 Å². The number of piperidine rings is 1. The molecule has 0 spiro atoms. The van der Waals surface area contributed by atoms with Crippen molar-refractivity contribution in [3.8, 4) is 5.69 Å². The smallest absolute Gasteiger partial charge is 0.159 e. The molecule has 1 aliphatic heterocycles. The van der Waals surface area contributed by atoms with Crippen molar-refractivity contribution >= 4 is 16.8 Å². The molecule has 2 aromatic carbocycles. The van der Waals surface area contributed by atoms with Crippen LogP contribution in [0, 0.1) is 0 Å². The molecular formula is C20H21N3O. The van der Waals surface area contributed by atoms with Gasteiger partial charge in [0.05, 0.1) is 11.0 Å². The van der Waals surface area contributed by atoms with Gasteiger partial charge in [0.1, 0.15) is 6.33 Å². The zero-order valence-corrected chi connectivity index (χ0v) is 13.8. The van der Waals surface area contributed by atoms with Gasteiger partial charge in [0.2, 0.25) is 0 Å². The maximum Gasteiger partial charge on any atom is 0.159 e. The van der Waals surface area contributed by atoms with Crippen molar-refractivity contribution in [1.29, 1.82) is 0 Å². The number of imidazole rings is 1. The van der Waals surface area contributed by atoms with E-state index in [0.29, 0.717) is 11.5 Å². The van der Waals surface area contributed by atoms with Crippen LogP contribution in [0.1, 0.15) is 41.6 Å². The number of rotatable bonds is 3. The topological polar surface area (TPSA) is 46.9 Å². The molecule has 0 aliphatic carbocycles. The SMILES string of the molecule is CC(=O)c1ccc2c(c1)ncn2-c1cccc(C2CCCNC2)c1. The molecule has 1 saturated heterocycles. The van der Waals surface area contributed by atoms with E-state index in [2.05, 4.69) is 39.1 Å². The Morgan fingerprint density at radius 2 is 2.17 bits per heavy atom. The van der Waals surface area contributed by atoms with E-state index >= 15 is 0 Å². The highest BCUT2D eigenvalue weighted by Gasteiger charge is 2.16. The lowest BCUT2D eigenvalue weighted by Crippen LogP contribution is -2.28. The number of fused-ring (bicyclic) bond motifs is 1. The second kappa shape index (κ2) is 6.21. The third-order valence-electron chi connectivity index (χ3n) is 4.87. The van der Waals surface area contributed by atoms with Gasteiger partial charge in [-0.3, -0.25) is 9.36 Å². The molecule has 24 heavy (non-hydrogen) atoms. The van der Waals surface area contributed by atoms with Gasteiger partial charge in [0.25, 0.3) is 0 Å². The summed E-state index contributed by atoms with van der Waals surface area (Å²) in [6.45, 7) is 3.76. The number of nitrogens with one attached hydrogen (secondary N) is 1. The Bertz CT molecular complexity index is 891. The van der Waals surface area contributed by atoms with Crippen LogP contribution in [0.5, 0.6) is 0 Å². The number of benzene rings is 2. The highest BCUT2D eigenvalue weighted by atomic mass is 16.1. The normalized spacial score (nSPS) is 18.0. The molecule has 0 radical (unpaired) electrons. The van der Waals surface area contributed by atoms with Gasteiger partial charge in [0, 0.05) is 17.8 Å². The van der Waals surface area contributed by atoms with Crippen molar-refractivity contribution in [3.63, 3.8) is 0 Å². The van der Waals surface area contributed by atoms with Crippen molar-refractivity contribution in [3.05, 3.63) is 59.9 Å². The van der Waals surface area contributed by atoms with E-state index < -0.39 is 0 Å². The number of ketones is 1. The quantitative estimate of drug-likeness (QED) is 0.749. The molecule has 3 aromatic rings. The van der Waals surface area contributed by atoms with Crippen LogP contribution >= 0.6 is 0 Å². The molecule has 0 bridgehead atoms. The first-order valence-corrected chi connectivity index (χ1v) is 8.51. The number of carbonyl (C=O) groups is 1. The zero-order valence-electron chi connectivity index (χ0n) is 13.8. The summed E-state index contributed by atoms with van der Waals surface area (Å²) in [5, 5.41) is 3.48. The Morgan fingerprint density at radius 1 is 1.25 bits per heavy atom. The number of carbonyl (C=O) groups excluding carboxylic acids is 1. The summed E-state index contributed by atoms with van der Waals surface area (Å²) < 4.78 is 2.10. The Labute approximate surface area is 141 Å². The minimum Gasteiger partial charge on any atom is -0.316 e. The molecule has 0 saturated carbocycles. The highest BCUT2D eigenvalue weighted by molar-refractivity contribution is 5.97. The maximum absolute atomic E-state index is 11.5. The number of Topliss-reactive ketones (excluding diaryl/α,β-unsaturated/α-hetero) is 1. The van der Waals surface area contributed by atoms with Crippen LogP contribution in [0.3, 0.4) is 0 Å². The molecule has 4 nitrogen and oxygen atoms in total. The second-order valence-corrected chi connectivity index (χ2v) is 6.51. The van der Waals surface area contributed by atoms with E-state index in [1.807, 2.05) is 24.5 Å². The number of hydrogen-bond donors (Lipinski definition) is 1. The molecule has 2 heterocycles. The van der Waals surface area contributed by atoms with E-state index in [1.54, 1.807) is 6.92 Å². The summed E-state index contributed by atoms with van der Waals surface area (Å²) in [6, 6.07) is 14.4. The largest absolute Gasteiger partial charge is 0.316 e. The number of aromatic nitrogens is 2. The lowest BCUT2D eigenvalue weighted by atomic mass is 9.91. The summed E-state index contributed by atoms with van der Waals surface area (Å²) >= 11 is 0. The van der Waals surface area contributed by atoms with Gasteiger partial charge < -0.3 is 5.32 Å². The number of hydrogen-bond acceptors (Lipinski definition) is 3. The van der Waals surface area contributed by atoms with Crippen LogP contribution in [0.4, 0.5) is 0 Å².